The molecule has 13 heavy (non-hydrogen) atoms. The lowest BCUT2D eigenvalue weighted by Gasteiger charge is -2.15. The molecule has 2 saturated heterocycles. The van der Waals surface area contributed by atoms with Gasteiger partial charge in [-0.2, -0.15) is 0 Å². The monoisotopic (exact) mass is 187 g/mol. The molecule has 0 amide bonds. The molecule has 0 bridgehead atoms. The summed E-state index contributed by atoms with van der Waals surface area (Å²) in [5.74, 6) is -0.834. The van der Waals surface area contributed by atoms with Gasteiger partial charge in [-0.1, -0.05) is 0 Å². The number of ether oxygens (including phenoxy) is 2. The summed E-state index contributed by atoms with van der Waals surface area (Å²) < 4.78 is 10.4. The van der Waals surface area contributed by atoms with Gasteiger partial charge in [0.15, 0.2) is 0 Å². The Hall–Kier alpha value is -0.650. The molecule has 2 unspecified atom stereocenters. The maximum atomic E-state index is 10.7. The first-order chi connectivity index (χ1) is 6.27. The Morgan fingerprint density at radius 2 is 2.46 bits per heavy atom. The van der Waals surface area contributed by atoms with Crippen molar-refractivity contribution in [3.8, 4) is 0 Å². The number of nitrogens with one attached hydrogen (secondary N) is 1. The molecule has 3 atom stereocenters. The minimum atomic E-state index is -0.834. The van der Waals surface area contributed by atoms with Gasteiger partial charge in [0.2, 0.25) is 0 Å². The van der Waals surface area contributed by atoms with Crippen LogP contribution in [0.5, 0.6) is 0 Å². The van der Waals surface area contributed by atoms with E-state index in [1.165, 1.54) is 0 Å². The second-order valence-corrected chi connectivity index (χ2v) is 3.39. The summed E-state index contributed by atoms with van der Waals surface area (Å²) in [6.07, 6.45) is 0.778. The van der Waals surface area contributed by atoms with E-state index in [4.69, 9.17) is 14.6 Å². The highest BCUT2D eigenvalue weighted by Gasteiger charge is 2.35. The molecular formula is C8H13NO4. The Kier molecular flexibility index (Phi) is 2.48. The quantitative estimate of drug-likeness (QED) is 0.565. The number of carboxylic acid groups (broad SMARTS) is 1. The zero-order valence-electron chi connectivity index (χ0n) is 7.23. The molecule has 5 nitrogen and oxygen atoms in total. The third kappa shape index (κ3) is 2.18. The van der Waals surface area contributed by atoms with Gasteiger partial charge in [-0.05, 0) is 13.0 Å². The van der Waals surface area contributed by atoms with Crippen molar-refractivity contribution >= 4 is 5.97 Å². The lowest BCUT2D eigenvalue weighted by Crippen LogP contribution is -2.40. The Balaban J connectivity index is 1.78. The van der Waals surface area contributed by atoms with Gasteiger partial charge in [-0.25, -0.2) is 0 Å². The van der Waals surface area contributed by atoms with Crippen LogP contribution in [0.1, 0.15) is 6.42 Å². The Morgan fingerprint density at radius 1 is 1.69 bits per heavy atom. The predicted octanol–water partition coefficient (Wildman–Crippen LogP) is -0.783. The molecule has 0 spiro atoms. The van der Waals surface area contributed by atoms with Crippen molar-refractivity contribution in [2.75, 3.05) is 19.8 Å². The van der Waals surface area contributed by atoms with Crippen molar-refractivity contribution < 1.29 is 19.4 Å². The first kappa shape index (κ1) is 8.93. The molecule has 0 saturated carbocycles. The van der Waals surface area contributed by atoms with E-state index in [-0.39, 0.29) is 12.2 Å². The van der Waals surface area contributed by atoms with Crippen LogP contribution in [-0.4, -0.2) is 49.1 Å². The maximum Gasteiger partial charge on any atom is 0.323 e. The second kappa shape index (κ2) is 3.61. The van der Waals surface area contributed by atoms with Gasteiger partial charge in [0.05, 0.1) is 19.3 Å². The van der Waals surface area contributed by atoms with E-state index in [1.807, 2.05) is 0 Å². The van der Waals surface area contributed by atoms with E-state index in [0.29, 0.717) is 13.2 Å². The number of carbonyl (C=O) groups is 1. The van der Waals surface area contributed by atoms with Crippen LogP contribution in [0.15, 0.2) is 0 Å². The second-order valence-electron chi connectivity index (χ2n) is 3.39. The van der Waals surface area contributed by atoms with Crippen LogP contribution in [0.25, 0.3) is 0 Å². The van der Waals surface area contributed by atoms with Crippen LogP contribution in [0.3, 0.4) is 0 Å². The van der Waals surface area contributed by atoms with Crippen molar-refractivity contribution in [2.45, 2.75) is 24.7 Å². The minimum absolute atomic E-state index is 0.193. The summed E-state index contributed by atoms with van der Waals surface area (Å²) in [4.78, 5) is 10.7. The predicted molar refractivity (Wildman–Crippen MR) is 43.5 cm³/mol. The van der Waals surface area contributed by atoms with Crippen molar-refractivity contribution in [1.29, 1.82) is 0 Å². The molecule has 74 valence electrons. The number of epoxide rings is 1. The lowest BCUT2D eigenvalue weighted by atomic mass is 10.2. The topological polar surface area (TPSA) is 71.1 Å². The standard InChI is InChI=1S/C8H13NO4/c10-8(11)7-6(1-2-9-7)13-4-5-3-12-5/h5-7,9H,1-4H2,(H,10,11)/t5?,6?,7-/m0/s1. The molecule has 2 aliphatic heterocycles. The van der Waals surface area contributed by atoms with Crippen LogP contribution >= 0.6 is 0 Å². The van der Waals surface area contributed by atoms with Crippen LogP contribution in [0, 0.1) is 0 Å². The summed E-state index contributed by atoms with van der Waals surface area (Å²) in [6, 6.07) is -0.543. The molecule has 0 aromatic rings. The smallest absolute Gasteiger partial charge is 0.323 e. The number of rotatable bonds is 4. The molecule has 5 heteroatoms. The number of hydrogen-bond acceptors (Lipinski definition) is 4. The van der Waals surface area contributed by atoms with E-state index in [2.05, 4.69) is 5.32 Å². The molecule has 2 fully saturated rings. The van der Waals surface area contributed by atoms with Gasteiger partial charge in [0, 0.05) is 0 Å². The van der Waals surface area contributed by atoms with E-state index in [1.54, 1.807) is 0 Å². The summed E-state index contributed by atoms with van der Waals surface area (Å²) >= 11 is 0. The third-order valence-electron chi connectivity index (χ3n) is 2.33. The first-order valence-electron chi connectivity index (χ1n) is 4.47. The van der Waals surface area contributed by atoms with E-state index >= 15 is 0 Å². The largest absolute Gasteiger partial charge is 0.480 e. The van der Waals surface area contributed by atoms with Crippen molar-refractivity contribution in [3.05, 3.63) is 0 Å². The summed E-state index contributed by atoms with van der Waals surface area (Å²) in [5, 5.41) is 11.7. The van der Waals surface area contributed by atoms with Crippen molar-refractivity contribution in [1.82, 2.24) is 5.32 Å². The lowest BCUT2D eigenvalue weighted by molar-refractivity contribution is -0.142. The Bertz CT molecular complexity index is 204. The fraction of sp³-hybridized carbons (Fsp3) is 0.875. The summed E-state index contributed by atoms with van der Waals surface area (Å²) in [5.41, 5.74) is 0. The van der Waals surface area contributed by atoms with E-state index < -0.39 is 12.0 Å². The molecule has 2 heterocycles. The maximum absolute atomic E-state index is 10.7. The molecule has 0 aromatic heterocycles. The van der Waals surface area contributed by atoms with Crippen LogP contribution in [0.2, 0.25) is 0 Å². The third-order valence-corrected chi connectivity index (χ3v) is 2.33. The van der Waals surface area contributed by atoms with E-state index in [0.717, 1.165) is 13.0 Å². The fourth-order valence-electron chi connectivity index (χ4n) is 1.50. The molecular weight excluding hydrogens is 174 g/mol. The van der Waals surface area contributed by atoms with Crippen molar-refractivity contribution in [2.24, 2.45) is 0 Å². The highest BCUT2D eigenvalue weighted by molar-refractivity contribution is 5.74. The van der Waals surface area contributed by atoms with E-state index in [9.17, 15) is 4.79 Å². The molecule has 2 aliphatic rings. The zero-order valence-corrected chi connectivity index (χ0v) is 7.23. The van der Waals surface area contributed by atoms with Crippen LogP contribution < -0.4 is 5.32 Å². The zero-order chi connectivity index (χ0) is 9.26. The number of hydrogen-bond donors (Lipinski definition) is 2. The molecule has 0 aromatic carbocycles. The first-order valence-corrected chi connectivity index (χ1v) is 4.47. The highest BCUT2D eigenvalue weighted by atomic mass is 16.6. The van der Waals surface area contributed by atoms with Gasteiger partial charge in [-0.3, -0.25) is 4.79 Å². The van der Waals surface area contributed by atoms with Gasteiger partial charge < -0.3 is 19.9 Å². The van der Waals surface area contributed by atoms with Gasteiger partial charge >= 0.3 is 5.97 Å². The minimum Gasteiger partial charge on any atom is -0.480 e. The fourth-order valence-corrected chi connectivity index (χ4v) is 1.50. The summed E-state index contributed by atoms with van der Waals surface area (Å²) in [6.45, 7) is 1.99. The van der Waals surface area contributed by atoms with Gasteiger partial charge in [0.1, 0.15) is 12.1 Å². The average Bonchev–Trinajstić information content (AvgIpc) is 2.79. The SMILES string of the molecule is O=C(O)[C@H]1NCCC1OCC1CO1. The van der Waals surface area contributed by atoms with Crippen molar-refractivity contribution in [3.63, 3.8) is 0 Å². The van der Waals surface area contributed by atoms with Gasteiger partial charge in [-0.15, -0.1) is 0 Å². The normalized spacial score (nSPS) is 37.7. The number of carboxylic acids is 1. The summed E-state index contributed by atoms with van der Waals surface area (Å²) in [7, 11) is 0. The van der Waals surface area contributed by atoms with Crippen LogP contribution in [-0.2, 0) is 14.3 Å². The molecule has 0 radical (unpaired) electrons. The molecule has 2 rings (SSSR count). The highest BCUT2D eigenvalue weighted by Crippen LogP contribution is 2.15. The van der Waals surface area contributed by atoms with Crippen LogP contribution in [0.4, 0.5) is 0 Å². The average molecular weight is 187 g/mol. The molecule has 0 aliphatic carbocycles. The Morgan fingerprint density at radius 3 is 3.08 bits per heavy atom. The Labute approximate surface area is 76.0 Å². The number of aliphatic carboxylic acids is 1. The van der Waals surface area contributed by atoms with Gasteiger partial charge in [0.25, 0.3) is 0 Å². The molecule has 2 N–H and O–H groups in total.